The van der Waals surface area contributed by atoms with Gasteiger partial charge in [-0.2, -0.15) is 5.10 Å². The Balaban J connectivity index is 1.70. The maximum absolute atomic E-state index is 11.0. The number of hydrogen-bond donors (Lipinski definition) is 1. The zero-order chi connectivity index (χ0) is 19.4. The molecule has 0 radical (unpaired) electrons. The predicted molar refractivity (Wildman–Crippen MR) is 106 cm³/mol. The van der Waals surface area contributed by atoms with E-state index >= 15 is 0 Å². The van der Waals surface area contributed by atoms with E-state index in [0.717, 1.165) is 11.1 Å². The van der Waals surface area contributed by atoms with Crippen LogP contribution in [0, 0.1) is 17.0 Å². The number of non-ortho nitro benzene ring substituents is 1. The number of nitrogens with one attached hydrogen (secondary N) is 1. The number of benzene rings is 2. The second-order valence-electron chi connectivity index (χ2n) is 5.75. The average Bonchev–Trinajstić information content (AvgIpc) is 3.09. The molecule has 27 heavy (non-hydrogen) atoms. The minimum atomic E-state index is -0.433. The van der Waals surface area contributed by atoms with E-state index in [2.05, 4.69) is 10.5 Å². The first-order valence-corrected chi connectivity index (χ1v) is 8.75. The zero-order valence-electron chi connectivity index (χ0n) is 14.3. The number of nitro groups is 1. The molecule has 0 saturated carbocycles. The lowest BCUT2D eigenvalue weighted by atomic mass is 10.1. The molecule has 138 valence electrons. The lowest BCUT2D eigenvalue weighted by Gasteiger charge is -2.05. The molecule has 1 aromatic heterocycles. The van der Waals surface area contributed by atoms with Crippen molar-refractivity contribution >= 4 is 35.1 Å². The molecule has 0 atom stereocenters. The number of aryl methyl sites for hydroxylation is 1. The zero-order valence-corrected chi connectivity index (χ0v) is 15.8. The summed E-state index contributed by atoms with van der Waals surface area (Å²) in [5, 5.41) is 16.2. The highest BCUT2D eigenvalue weighted by molar-refractivity contribution is 6.35. The molecule has 3 aromatic rings. The quantitative estimate of drug-likeness (QED) is 0.330. The second kappa shape index (κ2) is 8.24. The molecule has 6 nitrogen and oxygen atoms in total. The molecule has 3 rings (SSSR count). The lowest BCUT2D eigenvalue weighted by Crippen LogP contribution is -2.06. The van der Waals surface area contributed by atoms with Gasteiger partial charge in [-0.25, -0.2) is 0 Å². The van der Waals surface area contributed by atoms with Crippen molar-refractivity contribution in [1.82, 2.24) is 5.43 Å². The van der Waals surface area contributed by atoms with Crippen LogP contribution in [-0.2, 0) is 6.54 Å². The predicted octanol–water partition coefficient (Wildman–Crippen LogP) is 5.59. The van der Waals surface area contributed by atoms with Crippen molar-refractivity contribution in [2.75, 3.05) is 0 Å². The summed E-state index contributed by atoms with van der Waals surface area (Å²) in [6, 6.07) is 13.4. The van der Waals surface area contributed by atoms with Crippen molar-refractivity contribution in [3.05, 3.63) is 85.6 Å². The van der Waals surface area contributed by atoms with Gasteiger partial charge >= 0.3 is 0 Å². The van der Waals surface area contributed by atoms with E-state index in [0.29, 0.717) is 33.7 Å². The molecule has 0 unspecified atom stereocenters. The SMILES string of the molecule is Cc1ccc([N+](=O)[O-])cc1-c1ccc(/C=N/NCc2c(Cl)cccc2Cl)o1. The van der Waals surface area contributed by atoms with Crippen LogP contribution in [-0.4, -0.2) is 11.1 Å². The van der Waals surface area contributed by atoms with Crippen molar-refractivity contribution in [2.45, 2.75) is 13.5 Å². The van der Waals surface area contributed by atoms with Crippen molar-refractivity contribution in [3.8, 4) is 11.3 Å². The molecule has 0 amide bonds. The van der Waals surface area contributed by atoms with E-state index in [4.69, 9.17) is 27.6 Å². The normalized spacial score (nSPS) is 11.1. The Morgan fingerprint density at radius 3 is 2.63 bits per heavy atom. The molecule has 1 N–H and O–H groups in total. The van der Waals surface area contributed by atoms with Gasteiger partial charge in [-0.3, -0.25) is 10.1 Å². The number of hydrazone groups is 1. The molecule has 0 fully saturated rings. The van der Waals surface area contributed by atoms with Crippen LogP contribution in [0.2, 0.25) is 10.0 Å². The van der Waals surface area contributed by atoms with Crippen LogP contribution < -0.4 is 5.43 Å². The van der Waals surface area contributed by atoms with Gasteiger partial charge in [0.1, 0.15) is 11.5 Å². The van der Waals surface area contributed by atoms with Crippen LogP contribution in [0.3, 0.4) is 0 Å². The molecule has 0 bridgehead atoms. The molecule has 0 aliphatic carbocycles. The largest absolute Gasteiger partial charge is 0.455 e. The highest BCUT2D eigenvalue weighted by atomic mass is 35.5. The van der Waals surface area contributed by atoms with Gasteiger partial charge in [0.05, 0.1) is 17.7 Å². The Kier molecular flexibility index (Phi) is 5.78. The third-order valence-corrected chi connectivity index (χ3v) is 4.63. The number of nitrogens with zero attached hydrogens (tertiary/aromatic N) is 2. The van der Waals surface area contributed by atoms with Crippen molar-refractivity contribution in [2.24, 2.45) is 5.10 Å². The van der Waals surface area contributed by atoms with Gasteiger partial charge in [-0.1, -0.05) is 35.3 Å². The van der Waals surface area contributed by atoms with Gasteiger partial charge in [-0.05, 0) is 36.8 Å². The second-order valence-corrected chi connectivity index (χ2v) is 6.57. The maximum Gasteiger partial charge on any atom is 0.270 e. The summed E-state index contributed by atoms with van der Waals surface area (Å²) in [5.41, 5.74) is 5.18. The van der Waals surface area contributed by atoms with Gasteiger partial charge < -0.3 is 9.84 Å². The van der Waals surface area contributed by atoms with E-state index in [-0.39, 0.29) is 5.69 Å². The molecule has 8 heteroatoms. The summed E-state index contributed by atoms with van der Waals surface area (Å²) in [5.74, 6) is 1.04. The van der Waals surface area contributed by atoms with E-state index in [1.165, 1.54) is 18.3 Å². The Bertz CT molecular complexity index is 995. The molecule has 0 aliphatic heterocycles. The summed E-state index contributed by atoms with van der Waals surface area (Å²) < 4.78 is 5.72. The van der Waals surface area contributed by atoms with E-state index in [1.807, 2.05) is 6.92 Å². The fourth-order valence-corrected chi connectivity index (χ4v) is 3.02. The number of nitro benzene ring substituents is 1. The minimum Gasteiger partial charge on any atom is -0.455 e. The monoisotopic (exact) mass is 403 g/mol. The first-order valence-electron chi connectivity index (χ1n) is 8.00. The molecule has 1 heterocycles. The Morgan fingerprint density at radius 2 is 1.93 bits per heavy atom. The van der Waals surface area contributed by atoms with Crippen molar-refractivity contribution < 1.29 is 9.34 Å². The minimum absolute atomic E-state index is 0.0144. The smallest absolute Gasteiger partial charge is 0.270 e. The summed E-state index contributed by atoms with van der Waals surface area (Å²) in [7, 11) is 0. The molecule has 0 aliphatic rings. The molecule has 0 spiro atoms. The fraction of sp³-hybridized carbons (Fsp3) is 0.105. The third kappa shape index (κ3) is 4.48. The summed E-state index contributed by atoms with van der Waals surface area (Å²) in [6.45, 7) is 2.23. The standard InChI is InChI=1S/C19H15Cl2N3O3/c1-12-5-6-13(24(25)26)9-15(12)19-8-7-14(27-19)10-22-23-11-16-17(20)3-2-4-18(16)21/h2-10,23H,11H2,1H3/b22-10+. The Labute approximate surface area is 165 Å². The van der Waals surface area contributed by atoms with Gasteiger partial charge in [0, 0.05) is 33.3 Å². The van der Waals surface area contributed by atoms with Crippen LogP contribution >= 0.6 is 23.2 Å². The van der Waals surface area contributed by atoms with Crippen LogP contribution in [0.15, 0.2) is 58.0 Å². The van der Waals surface area contributed by atoms with E-state index in [1.54, 1.807) is 36.4 Å². The topological polar surface area (TPSA) is 80.7 Å². The van der Waals surface area contributed by atoms with Gasteiger partial charge in [0.15, 0.2) is 0 Å². The van der Waals surface area contributed by atoms with Crippen molar-refractivity contribution in [1.29, 1.82) is 0 Å². The van der Waals surface area contributed by atoms with Crippen LogP contribution in [0.4, 0.5) is 5.69 Å². The average molecular weight is 404 g/mol. The Morgan fingerprint density at radius 1 is 1.19 bits per heavy atom. The van der Waals surface area contributed by atoms with E-state index in [9.17, 15) is 10.1 Å². The summed E-state index contributed by atoms with van der Waals surface area (Å²) >= 11 is 12.2. The number of hydrogen-bond acceptors (Lipinski definition) is 5. The first-order chi connectivity index (χ1) is 13.0. The van der Waals surface area contributed by atoms with Gasteiger partial charge in [0.25, 0.3) is 5.69 Å². The van der Waals surface area contributed by atoms with Crippen LogP contribution in [0.25, 0.3) is 11.3 Å². The van der Waals surface area contributed by atoms with Gasteiger partial charge in [0.2, 0.25) is 0 Å². The van der Waals surface area contributed by atoms with Crippen LogP contribution in [0.1, 0.15) is 16.9 Å². The van der Waals surface area contributed by atoms with Crippen LogP contribution in [0.5, 0.6) is 0 Å². The molecular formula is C19H15Cl2N3O3. The highest BCUT2D eigenvalue weighted by Crippen LogP contribution is 2.29. The van der Waals surface area contributed by atoms with Gasteiger partial charge in [-0.15, -0.1) is 0 Å². The number of furan rings is 1. The highest BCUT2D eigenvalue weighted by Gasteiger charge is 2.13. The lowest BCUT2D eigenvalue weighted by molar-refractivity contribution is -0.384. The number of halogens is 2. The Hall–Kier alpha value is -2.83. The molecule has 0 saturated heterocycles. The summed E-state index contributed by atoms with van der Waals surface area (Å²) in [6.07, 6.45) is 1.51. The summed E-state index contributed by atoms with van der Waals surface area (Å²) in [4.78, 5) is 10.5. The van der Waals surface area contributed by atoms with Crippen molar-refractivity contribution in [3.63, 3.8) is 0 Å². The fourth-order valence-electron chi connectivity index (χ4n) is 2.49. The first kappa shape index (κ1) is 18.9. The number of rotatable bonds is 6. The third-order valence-electron chi connectivity index (χ3n) is 3.92. The van der Waals surface area contributed by atoms with E-state index < -0.39 is 4.92 Å². The molecule has 2 aromatic carbocycles. The maximum atomic E-state index is 11.0. The molecular weight excluding hydrogens is 389 g/mol.